The van der Waals surface area contributed by atoms with Crippen molar-refractivity contribution >= 4 is 51.2 Å². The van der Waals surface area contributed by atoms with Crippen molar-refractivity contribution in [2.24, 2.45) is 5.10 Å². The number of halogens is 2. The van der Waals surface area contributed by atoms with Crippen LogP contribution in [0.2, 0.25) is 5.02 Å². The fourth-order valence-corrected chi connectivity index (χ4v) is 2.44. The number of phenols is 1. The van der Waals surface area contributed by atoms with Gasteiger partial charge in [0.25, 0.3) is 0 Å². The molecule has 0 aliphatic rings. The SMILES string of the molecule is O=C(CCC(=O)Nc1cccc(Cl)c1)N/N=C/c1cc(Br)ccc1O. The van der Waals surface area contributed by atoms with Crippen LogP contribution in [-0.2, 0) is 9.59 Å². The Kier molecular flexibility index (Phi) is 6.97. The third-order valence-electron chi connectivity index (χ3n) is 3.07. The van der Waals surface area contributed by atoms with Crippen LogP contribution in [0.1, 0.15) is 18.4 Å². The summed E-state index contributed by atoms with van der Waals surface area (Å²) in [6, 6.07) is 11.6. The Labute approximate surface area is 158 Å². The molecule has 2 aromatic rings. The van der Waals surface area contributed by atoms with Crippen molar-refractivity contribution in [3.05, 3.63) is 57.5 Å². The molecule has 0 spiro atoms. The van der Waals surface area contributed by atoms with Crippen molar-refractivity contribution in [3.63, 3.8) is 0 Å². The molecular formula is C17H15BrClN3O3. The first-order valence-corrected chi connectivity index (χ1v) is 8.47. The monoisotopic (exact) mass is 423 g/mol. The summed E-state index contributed by atoms with van der Waals surface area (Å²) < 4.78 is 0.774. The van der Waals surface area contributed by atoms with Crippen molar-refractivity contribution in [3.8, 4) is 5.75 Å². The molecule has 6 nitrogen and oxygen atoms in total. The normalized spacial score (nSPS) is 10.6. The molecular weight excluding hydrogens is 410 g/mol. The van der Waals surface area contributed by atoms with E-state index in [0.29, 0.717) is 16.3 Å². The zero-order chi connectivity index (χ0) is 18.2. The van der Waals surface area contributed by atoms with Gasteiger partial charge in [0.1, 0.15) is 5.75 Å². The van der Waals surface area contributed by atoms with E-state index in [4.69, 9.17) is 11.6 Å². The summed E-state index contributed by atoms with van der Waals surface area (Å²) in [5.41, 5.74) is 3.33. The van der Waals surface area contributed by atoms with Gasteiger partial charge in [-0.2, -0.15) is 5.10 Å². The summed E-state index contributed by atoms with van der Waals surface area (Å²) in [6.07, 6.45) is 1.31. The summed E-state index contributed by atoms with van der Waals surface area (Å²) >= 11 is 9.11. The highest BCUT2D eigenvalue weighted by molar-refractivity contribution is 9.10. The zero-order valence-electron chi connectivity index (χ0n) is 13.0. The molecule has 0 saturated heterocycles. The van der Waals surface area contributed by atoms with E-state index in [2.05, 4.69) is 31.8 Å². The van der Waals surface area contributed by atoms with Crippen molar-refractivity contribution < 1.29 is 14.7 Å². The molecule has 8 heteroatoms. The third-order valence-corrected chi connectivity index (χ3v) is 3.80. The summed E-state index contributed by atoms with van der Waals surface area (Å²) in [7, 11) is 0. The second-order valence-corrected chi connectivity index (χ2v) is 6.41. The average Bonchev–Trinajstić information content (AvgIpc) is 2.56. The maximum atomic E-state index is 11.8. The Morgan fingerprint density at radius 1 is 1.16 bits per heavy atom. The first-order valence-electron chi connectivity index (χ1n) is 7.30. The van der Waals surface area contributed by atoms with Gasteiger partial charge in [0, 0.05) is 33.6 Å². The quantitative estimate of drug-likeness (QED) is 0.488. The molecule has 0 fully saturated rings. The van der Waals surface area contributed by atoms with Gasteiger partial charge in [-0.1, -0.05) is 33.6 Å². The second kappa shape index (κ2) is 9.19. The lowest BCUT2D eigenvalue weighted by molar-refractivity contribution is -0.124. The lowest BCUT2D eigenvalue weighted by atomic mass is 10.2. The lowest BCUT2D eigenvalue weighted by Gasteiger charge is -2.05. The number of nitrogens with one attached hydrogen (secondary N) is 2. The molecule has 2 rings (SSSR count). The predicted molar refractivity (Wildman–Crippen MR) is 101 cm³/mol. The Bertz CT molecular complexity index is 811. The zero-order valence-corrected chi connectivity index (χ0v) is 15.3. The van der Waals surface area contributed by atoms with Gasteiger partial charge < -0.3 is 10.4 Å². The number of phenolic OH excluding ortho intramolecular Hbond substituents is 1. The van der Waals surface area contributed by atoms with Crippen molar-refractivity contribution in [2.45, 2.75) is 12.8 Å². The number of benzene rings is 2. The fraction of sp³-hybridized carbons (Fsp3) is 0.118. The fourth-order valence-electron chi connectivity index (χ4n) is 1.88. The molecule has 3 N–H and O–H groups in total. The number of rotatable bonds is 6. The summed E-state index contributed by atoms with van der Waals surface area (Å²) in [4.78, 5) is 23.5. The number of amides is 2. The molecule has 0 unspecified atom stereocenters. The summed E-state index contributed by atoms with van der Waals surface area (Å²) in [5, 5.41) is 16.6. The minimum absolute atomic E-state index is 0.00992. The van der Waals surface area contributed by atoms with E-state index in [-0.39, 0.29) is 24.5 Å². The van der Waals surface area contributed by atoms with Crippen LogP contribution in [0.5, 0.6) is 5.75 Å². The van der Waals surface area contributed by atoms with E-state index in [1.165, 1.54) is 12.3 Å². The molecule has 0 radical (unpaired) electrons. The van der Waals surface area contributed by atoms with E-state index in [0.717, 1.165) is 4.47 Å². The van der Waals surface area contributed by atoms with Crippen LogP contribution in [-0.4, -0.2) is 23.1 Å². The smallest absolute Gasteiger partial charge is 0.240 e. The van der Waals surface area contributed by atoms with Crippen LogP contribution in [0.25, 0.3) is 0 Å². The second-order valence-electron chi connectivity index (χ2n) is 5.05. The Balaban J connectivity index is 1.77. The molecule has 2 aromatic carbocycles. The van der Waals surface area contributed by atoms with Crippen LogP contribution < -0.4 is 10.7 Å². The number of carbonyl (C=O) groups excluding carboxylic acids is 2. The highest BCUT2D eigenvalue weighted by Crippen LogP contribution is 2.20. The Morgan fingerprint density at radius 3 is 2.68 bits per heavy atom. The van der Waals surface area contributed by atoms with Crippen LogP contribution in [0.3, 0.4) is 0 Å². The van der Waals surface area contributed by atoms with Gasteiger partial charge in [-0.15, -0.1) is 0 Å². The first-order chi connectivity index (χ1) is 11.9. The molecule has 25 heavy (non-hydrogen) atoms. The molecule has 0 aromatic heterocycles. The topological polar surface area (TPSA) is 90.8 Å². The maximum absolute atomic E-state index is 11.8. The Hall–Kier alpha value is -2.38. The van der Waals surface area contributed by atoms with E-state index < -0.39 is 5.91 Å². The van der Waals surface area contributed by atoms with Gasteiger partial charge >= 0.3 is 0 Å². The minimum Gasteiger partial charge on any atom is -0.507 e. The summed E-state index contributed by atoms with van der Waals surface area (Å²) in [5.74, 6) is -0.667. The van der Waals surface area contributed by atoms with Gasteiger partial charge in [0.05, 0.1) is 6.21 Å². The van der Waals surface area contributed by atoms with Gasteiger partial charge in [-0.25, -0.2) is 5.43 Å². The molecule has 0 aliphatic carbocycles. The van der Waals surface area contributed by atoms with Crippen molar-refractivity contribution in [2.75, 3.05) is 5.32 Å². The van der Waals surface area contributed by atoms with Gasteiger partial charge in [0.15, 0.2) is 0 Å². The van der Waals surface area contributed by atoms with E-state index >= 15 is 0 Å². The number of aromatic hydroxyl groups is 1. The van der Waals surface area contributed by atoms with Gasteiger partial charge in [-0.05, 0) is 36.4 Å². The lowest BCUT2D eigenvalue weighted by Crippen LogP contribution is -2.20. The van der Waals surface area contributed by atoms with Crippen molar-refractivity contribution in [1.82, 2.24) is 5.43 Å². The Morgan fingerprint density at radius 2 is 1.92 bits per heavy atom. The van der Waals surface area contributed by atoms with Crippen molar-refractivity contribution in [1.29, 1.82) is 0 Å². The number of anilines is 1. The molecule has 0 saturated carbocycles. The van der Waals surface area contributed by atoms with Crippen LogP contribution in [0.15, 0.2) is 52.0 Å². The number of hydrogen-bond donors (Lipinski definition) is 3. The minimum atomic E-state index is -0.410. The number of hydrogen-bond acceptors (Lipinski definition) is 4. The van der Waals surface area contributed by atoms with Crippen LogP contribution in [0, 0.1) is 0 Å². The third kappa shape index (κ3) is 6.56. The van der Waals surface area contributed by atoms with E-state index in [1.54, 1.807) is 36.4 Å². The highest BCUT2D eigenvalue weighted by Gasteiger charge is 2.07. The molecule has 0 atom stereocenters. The standard InChI is InChI=1S/C17H15BrClN3O3/c18-12-4-5-15(23)11(8-12)10-20-22-17(25)7-6-16(24)21-14-3-1-2-13(19)9-14/h1-5,8-10,23H,6-7H2,(H,21,24)(H,22,25)/b20-10+. The molecule has 0 heterocycles. The molecule has 0 aliphatic heterocycles. The molecule has 0 bridgehead atoms. The van der Waals surface area contributed by atoms with Crippen LogP contribution in [0.4, 0.5) is 5.69 Å². The average molecular weight is 425 g/mol. The molecule has 130 valence electrons. The number of hydrazone groups is 1. The van der Waals surface area contributed by atoms with E-state index in [1.807, 2.05) is 0 Å². The highest BCUT2D eigenvalue weighted by atomic mass is 79.9. The predicted octanol–water partition coefficient (Wildman–Crippen LogP) is 3.68. The number of carbonyl (C=O) groups is 2. The largest absolute Gasteiger partial charge is 0.507 e. The number of nitrogens with zero attached hydrogens (tertiary/aromatic N) is 1. The van der Waals surface area contributed by atoms with Gasteiger partial charge in [-0.3, -0.25) is 9.59 Å². The summed E-state index contributed by atoms with van der Waals surface area (Å²) in [6.45, 7) is 0. The van der Waals surface area contributed by atoms with Crippen LogP contribution >= 0.6 is 27.5 Å². The molecule has 2 amide bonds. The van der Waals surface area contributed by atoms with E-state index in [9.17, 15) is 14.7 Å². The first kappa shape index (κ1) is 19.0. The van der Waals surface area contributed by atoms with Gasteiger partial charge in [0.2, 0.25) is 11.8 Å². The maximum Gasteiger partial charge on any atom is 0.240 e.